The fourth-order valence-corrected chi connectivity index (χ4v) is 3.64. The molecular formula is C26H21NO4. The zero-order valence-corrected chi connectivity index (χ0v) is 16.9. The van der Waals surface area contributed by atoms with Gasteiger partial charge in [0.25, 0.3) is 5.91 Å². The van der Waals surface area contributed by atoms with E-state index in [4.69, 9.17) is 4.74 Å². The second-order valence-corrected chi connectivity index (χ2v) is 7.06. The van der Waals surface area contributed by atoms with Crippen molar-refractivity contribution in [2.45, 2.75) is 6.04 Å². The molecule has 154 valence electrons. The predicted octanol–water partition coefficient (Wildman–Crippen LogP) is 4.88. The van der Waals surface area contributed by atoms with Crippen LogP contribution in [0.15, 0.2) is 102 Å². The highest BCUT2D eigenvalue weighted by Crippen LogP contribution is 2.41. The van der Waals surface area contributed by atoms with E-state index in [0.717, 1.165) is 5.56 Å². The molecule has 1 amide bonds. The highest BCUT2D eigenvalue weighted by molar-refractivity contribution is 6.19. The van der Waals surface area contributed by atoms with Crippen LogP contribution in [0, 0.1) is 0 Å². The minimum absolute atomic E-state index is 0.0474. The molecule has 4 rings (SSSR count). The second-order valence-electron chi connectivity index (χ2n) is 7.06. The van der Waals surface area contributed by atoms with Gasteiger partial charge in [0, 0.05) is 5.69 Å². The lowest BCUT2D eigenvalue weighted by Gasteiger charge is -2.26. The molecule has 1 N–H and O–H groups in total. The fourth-order valence-electron chi connectivity index (χ4n) is 3.64. The number of allylic oxidation sites excluding steroid dienone is 1. The standard InChI is InChI=1S/C26H21NO4/c1-31-21-15-13-19(14-16-21)24-23(22(28)17-12-18-8-4-2-5-9-18)25(29)26(30)27(24)20-10-6-3-7-11-20/h2-17,24,29H,1H3. The van der Waals surface area contributed by atoms with Gasteiger partial charge in [0.2, 0.25) is 0 Å². The number of hydrogen-bond acceptors (Lipinski definition) is 4. The minimum Gasteiger partial charge on any atom is -0.503 e. The first kappa shape index (κ1) is 20.2. The molecule has 31 heavy (non-hydrogen) atoms. The predicted molar refractivity (Wildman–Crippen MR) is 120 cm³/mol. The Hall–Kier alpha value is -4.12. The summed E-state index contributed by atoms with van der Waals surface area (Å²) in [5, 5.41) is 10.7. The van der Waals surface area contributed by atoms with Crippen molar-refractivity contribution < 1.29 is 19.4 Å². The number of anilines is 1. The van der Waals surface area contributed by atoms with E-state index in [1.165, 1.54) is 11.0 Å². The van der Waals surface area contributed by atoms with E-state index in [9.17, 15) is 14.7 Å². The molecule has 0 aliphatic carbocycles. The molecule has 1 unspecified atom stereocenters. The second kappa shape index (κ2) is 8.71. The number of rotatable bonds is 6. The quantitative estimate of drug-likeness (QED) is 0.587. The number of carbonyl (C=O) groups is 2. The van der Waals surface area contributed by atoms with E-state index in [-0.39, 0.29) is 5.57 Å². The van der Waals surface area contributed by atoms with E-state index in [0.29, 0.717) is 17.0 Å². The number of para-hydroxylation sites is 1. The molecule has 1 heterocycles. The molecule has 1 atom stereocenters. The van der Waals surface area contributed by atoms with Crippen LogP contribution >= 0.6 is 0 Å². The normalized spacial score (nSPS) is 16.2. The van der Waals surface area contributed by atoms with Crippen LogP contribution in [0.25, 0.3) is 6.08 Å². The highest BCUT2D eigenvalue weighted by Gasteiger charge is 2.43. The number of methoxy groups -OCH3 is 1. The third kappa shape index (κ3) is 3.98. The minimum atomic E-state index is -0.756. The molecule has 5 heteroatoms. The Morgan fingerprint density at radius 2 is 1.55 bits per heavy atom. The molecule has 0 spiro atoms. The number of amides is 1. The van der Waals surface area contributed by atoms with Crippen molar-refractivity contribution in [2.24, 2.45) is 0 Å². The van der Waals surface area contributed by atoms with Gasteiger partial charge in [0.1, 0.15) is 5.75 Å². The fraction of sp³-hybridized carbons (Fsp3) is 0.0769. The molecule has 5 nitrogen and oxygen atoms in total. The van der Waals surface area contributed by atoms with Crippen molar-refractivity contribution >= 4 is 23.5 Å². The maximum Gasteiger partial charge on any atom is 0.294 e. The van der Waals surface area contributed by atoms with Crippen molar-refractivity contribution in [1.82, 2.24) is 0 Å². The summed E-state index contributed by atoms with van der Waals surface area (Å²) < 4.78 is 5.23. The van der Waals surface area contributed by atoms with Gasteiger partial charge in [0.15, 0.2) is 11.5 Å². The lowest BCUT2D eigenvalue weighted by molar-refractivity contribution is -0.117. The van der Waals surface area contributed by atoms with Gasteiger partial charge in [-0.05, 0) is 41.5 Å². The van der Waals surface area contributed by atoms with Crippen LogP contribution < -0.4 is 9.64 Å². The molecule has 0 saturated carbocycles. The average Bonchev–Trinajstić information content (AvgIpc) is 3.09. The molecule has 0 radical (unpaired) electrons. The summed E-state index contributed by atoms with van der Waals surface area (Å²) in [6.07, 6.45) is 3.06. The summed E-state index contributed by atoms with van der Waals surface area (Å²) in [4.78, 5) is 27.6. The topological polar surface area (TPSA) is 66.8 Å². The van der Waals surface area contributed by atoms with E-state index in [1.54, 1.807) is 61.7 Å². The Balaban J connectivity index is 1.77. The van der Waals surface area contributed by atoms with Crippen LogP contribution in [0.5, 0.6) is 5.75 Å². The van der Waals surface area contributed by atoms with Crippen molar-refractivity contribution in [3.05, 3.63) is 113 Å². The summed E-state index contributed by atoms with van der Waals surface area (Å²) in [6, 6.07) is 24.7. The Bertz CT molecular complexity index is 1150. The number of hydrogen-bond donors (Lipinski definition) is 1. The Morgan fingerprint density at radius 3 is 2.16 bits per heavy atom. The maximum absolute atomic E-state index is 13.2. The smallest absolute Gasteiger partial charge is 0.294 e. The van der Waals surface area contributed by atoms with Crippen LogP contribution in [0.3, 0.4) is 0 Å². The van der Waals surface area contributed by atoms with Crippen LogP contribution in [-0.4, -0.2) is 23.9 Å². The Kier molecular flexibility index (Phi) is 5.67. The van der Waals surface area contributed by atoms with E-state index >= 15 is 0 Å². The molecule has 3 aromatic rings. The first-order valence-electron chi connectivity index (χ1n) is 9.83. The number of aliphatic hydroxyl groups is 1. The Morgan fingerprint density at radius 1 is 0.935 bits per heavy atom. The van der Waals surface area contributed by atoms with E-state index in [2.05, 4.69) is 0 Å². The molecule has 0 saturated heterocycles. The van der Waals surface area contributed by atoms with Gasteiger partial charge >= 0.3 is 0 Å². The third-order valence-electron chi connectivity index (χ3n) is 5.17. The SMILES string of the molecule is COc1ccc(C2C(C(=O)C=Cc3ccccc3)=C(O)C(=O)N2c2ccccc2)cc1. The molecule has 3 aromatic carbocycles. The van der Waals surface area contributed by atoms with Crippen LogP contribution in [0.2, 0.25) is 0 Å². The molecular weight excluding hydrogens is 390 g/mol. The first-order chi connectivity index (χ1) is 15.1. The summed E-state index contributed by atoms with van der Waals surface area (Å²) in [5.41, 5.74) is 2.18. The number of nitrogens with zero attached hydrogens (tertiary/aromatic N) is 1. The largest absolute Gasteiger partial charge is 0.503 e. The average molecular weight is 411 g/mol. The van der Waals surface area contributed by atoms with Gasteiger partial charge in [-0.2, -0.15) is 0 Å². The van der Waals surface area contributed by atoms with Crippen molar-refractivity contribution in [1.29, 1.82) is 0 Å². The van der Waals surface area contributed by atoms with E-state index < -0.39 is 23.5 Å². The van der Waals surface area contributed by atoms with Gasteiger partial charge in [0.05, 0.1) is 18.7 Å². The van der Waals surface area contributed by atoms with Crippen molar-refractivity contribution in [3.8, 4) is 5.75 Å². The molecule has 0 aromatic heterocycles. The monoisotopic (exact) mass is 411 g/mol. The summed E-state index contributed by atoms with van der Waals surface area (Å²) in [5.74, 6) is -0.908. The number of aliphatic hydroxyl groups excluding tert-OH is 1. The lowest BCUT2D eigenvalue weighted by Crippen LogP contribution is -2.30. The third-order valence-corrected chi connectivity index (χ3v) is 5.17. The van der Waals surface area contributed by atoms with E-state index in [1.807, 2.05) is 36.4 Å². The number of ketones is 1. The van der Waals surface area contributed by atoms with Crippen LogP contribution in [0.4, 0.5) is 5.69 Å². The van der Waals surface area contributed by atoms with Gasteiger partial charge < -0.3 is 9.84 Å². The van der Waals surface area contributed by atoms with Crippen LogP contribution in [-0.2, 0) is 9.59 Å². The summed E-state index contributed by atoms with van der Waals surface area (Å²) >= 11 is 0. The number of benzene rings is 3. The zero-order chi connectivity index (χ0) is 21.8. The molecule has 0 fully saturated rings. The maximum atomic E-state index is 13.2. The zero-order valence-electron chi connectivity index (χ0n) is 16.9. The molecule has 1 aliphatic rings. The summed E-state index contributed by atoms with van der Waals surface area (Å²) in [6.45, 7) is 0. The van der Waals surface area contributed by atoms with Gasteiger partial charge in [-0.1, -0.05) is 66.7 Å². The van der Waals surface area contributed by atoms with Crippen LogP contribution in [0.1, 0.15) is 17.2 Å². The molecule has 0 bridgehead atoms. The summed E-state index contributed by atoms with van der Waals surface area (Å²) in [7, 11) is 1.57. The van der Waals surface area contributed by atoms with Crippen molar-refractivity contribution in [3.63, 3.8) is 0 Å². The number of carbonyl (C=O) groups excluding carboxylic acids is 2. The first-order valence-corrected chi connectivity index (χ1v) is 9.83. The lowest BCUT2D eigenvalue weighted by atomic mass is 9.95. The molecule has 1 aliphatic heterocycles. The Labute approximate surface area is 180 Å². The van der Waals surface area contributed by atoms with Gasteiger partial charge in [-0.25, -0.2) is 0 Å². The number of ether oxygens (including phenoxy) is 1. The van der Waals surface area contributed by atoms with Crippen molar-refractivity contribution in [2.75, 3.05) is 12.0 Å². The van der Waals surface area contributed by atoms with Gasteiger partial charge in [-0.15, -0.1) is 0 Å². The van der Waals surface area contributed by atoms with Gasteiger partial charge in [-0.3, -0.25) is 14.5 Å². The highest BCUT2D eigenvalue weighted by atomic mass is 16.5.